The number of benzene rings is 1. The molecule has 4 heteroatoms. The molecule has 0 unspecified atom stereocenters. The van der Waals surface area contributed by atoms with Crippen molar-refractivity contribution < 1.29 is 14.3 Å². The Morgan fingerprint density at radius 3 is 2.42 bits per heavy atom. The standard InChI is InChI=1S/C15H19ClO3/c1-2-8-15(18-10-11-19-15)9-7-14(17)12-3-5-13(16)6-4-12/h3-6H,2,7-11H2,1H3. The molecule has 0 saturated carbocycles. The van der Waals surface area contributed by atoms with Crippen molar-refractivity contribution in [3.05, 3.63) is 34.9 Å². The van der Waals surface area contributed by atoms with E-state index in [9.17, 15) is 4.79 Å². The van der Waals surface area contributed by atoms with Gasteiger partial charge < -0.3 is 9.47 Å². The van der Waals surface area contributed by atoms with Crippen molar-refractivity contribution >= 4 is 17.4 Å². The van der Waals surface area contributed by atoms with Gasteiger partial charge in [-0.25, -0.2) is 0 Å². The topological polar surface area (TPSA) is 35.5 Å². The Morgan fingerprint density at radius 1 is 1.21 bits per heavy atom. The third kappa shape index (κ3) is 3.78. The number of hydrogen-bond donors (Lipinski definition) is 0. The smallest absolute Gasteiger partial charge is 0.168 e. The molecule has 1 fully saturated rings. The van der Waals surface area contributed by atoms with E-state index in [0.717, 1.165) is 12.8 Å². The van der Waals surface area contributed by atoms with E-state index in [0.29, 0.717) is 36.6 Å². The van der Waals surface area contributed by atoms with Gasteiger partial charge in [-0.15, -0.1) is 0 Å². The highest BCUT2D eigenvalue weighted by Gasteiger charge is 2.35. The predicted octanol–water partition coefficient (Wildman–Crippen LogP) is 3.85. The summed E-state index contributed by atoms with van der Waals surface area (Å²) >= 11 is 5.81. The summed E-state index contributed by atoms with van der Waals surface area (Å²) in [6.07, 6.45) is 2.86. The van der Waals surface area contributed by atoms with E-state index in [2.05, 4.69) is 6.92 Å². The Bertz CT molecular complexity index is 422. The van der Waals surface area contributed by atoms with Crippen LogP contribution in [0.3, 0.4) is 0 Å². The first-order valence-corrected chi connectivity index (χ1v) is 7.10. The average Bonchev–Trinajstić information content (AvgIpc) is 2.86. The summed E-state index contributed by atoms with van der Waals surface area (Å²) in [5, 5.41) is 0.640. The number of ketones is 1. The molecule has 19 heavy (non-hydrogen) atoms. The van der Waals surface area contributed by atoms with Crippen LogP contribution in [0.1, 0.15) is 43.0 Å². The minimum atomic E-state index is -0.545. The zero-order valence-corrected chi connectivity index (χ0v) is 11.9. The van der Waals surface area contributed by atoms with Gasteiger partial charge in [-0.3, -0.25) is 4.79 Å². The molecule has 1 heterocycles. The molecule has 0 bridgehead atoms. The van der Waals surface area contributed by atoms with E-state index >= 15 is 0 Å². The van der Waals surface area contributed by atoms with Gasteiger partial charge in [0.15, 0.2) is 11.6 Å². The van der Waals surface area contributed by atoms with Crippen LogP contribution in [0.15, 0.2) is 24.3 Å². The van der Waals surface area contributed by atoms with Crippen LogP contribution in [0.4, 0.5) is 0 Å². The summed E-state index contributed by atoms with van der Waals surface area (Å²) < 4.78 is 11.4. The lowest BCUT2D eigenvalue weighted by Crippen LogP contribution is -2.30. The van der Waals surface area contributed by atoms with E-state index in [4.69, 9.17) is 21.1 Å². The summed E-state index contributed by atoms with van der Waals surface area (Å²) in [4.78, 5) is 12.1. The average molecular weight is 283 g/mol. The maximum Gasteiger partial charge on any atom is 0.168 e. The Morgan fingerprint density at radius 2 is 1.84 bits per heavy atom. The second-order valence-corrected chi connectivity index (χ2v) is 5.22. The number of carbonyl (C=O) groups is 1. The van der Waals surface area contributed by atoms with Gasteiger partial charge in [0.1, 0.15) is 0 Å². The Hall–Kier alpha value is -0.900. The monoisotopic (exact) mass is 282 g/mol. The number of Topliss-reactive ketones (excluding diaryl/α,β-unsaturated/α-hetero) is 1. The van der Waals surface area contributed by atoms with Crippen molar-refractivity contribution in [1.82, 2.24) is 0 Å². The molecule has 0 radical (unpaired) electrons. The highest BCUT2D eigenvalue weighted by Crippen LogP contribution is 2.30. The van der Waals surface area contributed by atoms with Crippen LogP contribution in [-0.4, -0.2) is 24.8 Å². The summed E-state index contributed by atoms with van der Waals surface area (Å²) in [5.41, 5.74) is 0.689. The number of halogens is 1. The van der Waals surface area contributed by atoms with Crippen molar-refractivity contribution in [3.63, 3.8) is 0 Å². The molecule has 0 aromatic heterocycles. The van der Waals surface area contributed by atoms with Crippen LogP contribution in [-0.2, 0) is 9.47 Å². The second-order valence-electron chi connectivity index (χ2n) is 4.79. The maximum absolute atomic E-state index is 12.1. The summed E-state index contributed by atoms with van der Waals surface area (Å²) in [6, 6.07) is 6.99. The van der Waals surface area contributed by atoms with Crippen LogP contribution >= 0.6 is 11.6 Å². The SMILES string of the molecule is CCCC1(CCC(=O)c2ccc(Cl)cc2)OCCO1. The fourth-order valence-electron chi connectivity index (χ4n) is 2.38. The van der Waals surface area contributed by atoms with Crippen LogP contribution in [0, 0.1) is 0 Å². The molecule has 0 N–H and O–H groups in total. The molecule has 3 nitrogen and oxygen atoms in total. The predicted molar refractivity (Wildman–Crippen MR) is 74.6 cm³/mol. The largest absolute Gasteiger partial charge is 0.348 e. The fraction of sp³-hybridized carbons (Fsp3) is 0.533. The molecule has 1 aromatic rings. The third-order valence-electron chi connectivity index (χ3n) is 3.34. The van der Waals surface area contributed by atoms with Crippen LogP contribution < -0.4 is 0 Å². The third-order valence-corrected chi connectivity index (χ3v) is 3.60. The first-order valence-electron chi connectivity index (χ1n) is 6.72. The zero-order valence-electron chi connectivity index (χ0n) is 11.2. The van der Waals surface area contributed by atoms with Gasteiger partial charge >= 0.3 is 0 Å². The van der Waals surface area contributed by atoms with Crippen LogP contribution in [0.5, 0.6) is 0 Å². The lowest BCUT2D eigenvalue weighted by Gasteiger charge is -2.26. The maximum atomic E-state index is 12.1. The first-order chi connectivity index (χ1) is 9.15. The molecule has 104 valence electrons. The van der Waals surface area contributed by atoms with E-state index in [1.54, 1.807) is 24.3 Å². The van der Waals surface area contributed by atoms with Crippen LogP contribution in [0.25, 0.3) is 0 Å². The lowest BCUT2D eigenvalue weighted by atomic mass is 10.00. The number of ether oxygens (including phenoxy) is 2. The van der Waals surface area contributed by atoms with Gasteiger partial charge in [-0.2, -0.15) is 0 Å². The highest BCUT2D eigenvalue weighted by molar-refractivity contribution is 6.30. The van der Waals surface area contributed by atoms with E-state index in [1.165, 1.54) is 0 Å². The molecule has 0 amide bonds. The van der Waals surface area contributed by atoms with Gasteiger partial charge in [0.05, 0.1) is 13.2 Å². The molecule has 1 aliphatic rings. The van der Waals surface area contributed by atoms with E-state index < -0.39 is 5.79 Å². The van der Waals surface area contributed by atoms with Gasteiger partial charge in [0, 0.05) is 29.8 Å². The van der Waals surface area contributed by atoms with Crippen LogP contribution in [0.2, 0.25) is 5.02 Å². The number of rotatable bonds is 6. The first kappa shape index (κ1) is 14.5. The Balaban J connectivity index is 1.93. The minimum absolute atomic E-state index is 0.103. The Kier molecular flexibility index (Phi) is 4.97. The van der Waals surface area contributed by atoms with Crippen molar-refractivity contribution in [3.8, 4) is 0 Å². The molecular weight excluding hydrogens is 264 g/mol. The van der Waals surface area contributed by atoms with E-state index in [-0.39, 0.29) is 5.78 Å². The van der Waals surface area contributed by atoms with Gasteiger partial charge in [0.25, 0.3) is 0 Å². The molecule has 2 rings (SSSR count). The Labute approximate surface area is 118 Å². The normalized spacial score (nSPS) is 17.6. The van der Waals surface area contributed by atoms with Gasteiger partial charge in [-0.1, -0.05) is 24.9 Å². The molecule has 0 aliphatic carbocycles. The molecule has 0 spiro atoms. The minimum Gasteiger partial charge on any atom is -0.348 e. The van der Waals surface area contributed by atoms with Gasteiger partial charge in [-0.05, 0) is 24.3 Å². The number of carbonyl (C=O) groups excluding carboxylic acids is 1. The highest BCUT2D eigenvalue weighted by atomic mass is 35.5. The quantitative estimate of drug-likeness (QED) is 0.744. The fourth-order valence-corrected chi connectivity index (χ4v) is 2.50. The van der Waals surface area contributed by atoms with Crippen molar-refractivity contribution in [2.75, 3.05) is 13.2 Å². The van der Waals surface area contributed by atoms with E-state index in [1.807, 2.05) is 0 Å². The summed E-state index contributed by atoms with van der Waals surface area (Å²) in [5.74, 6) is -0.442. The second kappa shape index (κ2) is 6.51. The molecule has 0 atom stereocenters. The summed E-state index contributed by atoms with van der Waals surface area (Å²) in [7, 11) is 0. The molecule has 1 aliphatic heterocycles. The summed E-state index contributed by atoms with van der Waals surface area (Å²) in [6.45, 7) is 3.33. The zero-order chi connectivity index (χ0) is 13.7. The molecular formula is C15H19ClO3. The molecule has 1 saturated heterocycles. The van der Waals surface area contributed by atoms with Crippen molar-refractivity contribution in [2.45, 2.75) is 38.4 Å². The number of hydrogen-bond acceptors (Lipinski definition) is 3. The lowest BCUT2D eigenvalue weighted by molar-refractivity contribution is -0.166. The van der Waals surface area contributed by atoms with Gasteiger partial charge in [0.2, 0.25) is 0 Å². The molecule has 1 aromatic carbocycles. The van der Waals surface area contributed by atoms with Crippen molar-refractivity contribution in [2.24, 2.45) is 0 Å². The van der Waals surface area contributed by atoms with Crippen molar-refractivity contribution in [1.29, 1.82) is 0 Å².